The maximum Gasteiger partial charge on any atom is 0.0305 e. The van der Waals surface area contributed by atoms with Gasteiger partial charge in [-0.05, 0) is 47.7 Å². The second-order valence-electron chi connectivity index (χ2n) is 4.07. The van der Waals surface area contributed by atoms with Crippen LogP contribution < -0.4 is 5.32 Å². The summed E-state index contributed by atoms with van der Waals surface area (Å²) in [5.41, 5.74) is 0.469. The molecule has 1 fully saturated rings. The Hall–Kier alpha value is 0.140. The number of thiophene rings is 1. The van der Waals surface area contributed by atoms with Gasteiger partial charge in [-0.1, -0.05) is 6.92 Å². The van der Waals surface area contributed by atoms with E-state index in [0.29, 0.717) is 5.54 Å². The fraction of sp³-hybridized carbons (Fsp3) is 0.636. The van der Waals surface area contributed by atoms with Gasteiger partial charge in [0.1, 0.15) is 0 Å². The Bertz CT molecular complexity index is 298. The minimum absolute atomic E-state index is 0.469. The van der Waals surface area contributed by atoms with E-state index in [4.69, 9.17) is 0 Å². The molecular formula is C11H16BrNS. The molecule has 1 saturated carbocycles. The van der Waals surface area contributed by atoms with Crippen molar-refractivity contribution >= 4 is 27.3 Å². The Balaban J connectivity index is 1.87. The molecule has 1 nitrogen and oxygen atoms in total. The summed E-state index contributed by atoms with van der Waals surface area (Å²) < 4.78 is 1.21. The van der Waals surface area contributed by atoms with Crippen molar-refractivity contribution in [2.45, 2.75) is 44.7 Å². The van der Waals surface area contributed by atoms with Gasteiger partial charge >= 0.3 is 0 Å². The molecule has 0 bridgehead atoms. The van der Waals surface area contributed by atoms with Crippen LogP contribution in [0, 0.1) is 0 Å². The Kier molecular flexibility index (Phi) is 3.30. The van der Waals surface area contributed by atoms with Crippen LogP contribution in [0.15, 0.2) is 15.9 Å². The first kappa shape index (κ1) is 10.7. The fourth-order valence-corrected chi connectivity index (χ4v) is 3.37. The summed E-state index contributed by atoms with van der Waals surface area (Å²) >= 11 is 5.31. The Morgan fingerprint density at radius 3 is 2.79 bits per heavy atom. The molecule has 1 aromatic rings. The molecule has 0 unspecified atom stereocenters. The van der Waals surface area contributed by atoms with Gasteiger partial charge in [-0.15, -0.1) is 11.3 Å². The molecule has 1 N–H and O–H groups in total. The smallest absolute Gasteiger partial charge is 0.0305 e. The van der Waals surface area contributed by atoms with E-state index in [9.17, 15) is 0 Å². The third-order valence-corrected chi connectivity index (χ3v) is 4.94. The number of hydrogen-bond donors (Lipinski definition) is 1. The van der Waals surface area contributed by atoms with Crippen LogP contribution in [0.4, 0.5) is 0 Å². The highest BCUT2D eigenvalue weighted by molar-refractivity contribution is 9.10. The Morgan fingerprint density at radius 2 is 2.36 bits per heavy atom. The lowest BCUT2D eigenvalue weighted by Gasteiger charge is -2.42. The predicted molar refractivity (Wildman–Crippen MR) is 65.7 cm³/mol. The molecule has 3 heteroatoms. The van der Waals surface area contributed by atoms with Crippen molar-refractivity contribution in [2.24, 2.45) is 0 Å². The van der Waals surface area contributed by atoms with Gasteiger partial charge in [0.2, 0.25) is 0 Å². The van der Waals surface area contributed by atoms with Crippen molar-refractivity contribution in [3.8, 4) is 0 Å². The summed E-state index contributed by atoms with van der Waals surface area (Å²) in [6, 6.07) is 2.21. The molecular weight excluding hydrogens is 258 g/mol. The molecule has 0 saturated heterocycles. The standard InChI is InChI=1S/C11H16BrNS/c1-2-11(4-3-5-11)13-7-10-6-9(12)8-14-10/h6,8,13H,2-5,7H2,1H3. The average molecular weight is 274 g/mol. The minimum atomic E-state index is 0.469. The number of nitrogens with one attached hydrogen (secondary N) is 1. The van der Waals surface area contributed by atoms with E-state index in [1.807, 2.05) is 11.3 Å². The van der Waals surface area contributed by atoms with Gasteiger partial charge in [0.25, 0.3) is 0 Å². The van der Waals surface area contributed by atoms with E-state index in [2.05, 4.69) is 39.6 Å². The number of halogens is 1. The zero-order valence-electron chi connectivity index (χ0n) is 8.48. The van der Waals surface area contributed by atoms with Gasteiger partial charge in [-0.3, -0.25) is 0 Å². The van der Waals surface area contributed by atoms with Crippen LogP contribution >= 0.6 is 27.3 Å². The van der Waals surface area contributed by atoms with E-state index in [-0.39, 0.29) is 0 Å². The average Bonchev–Trinajstić information content (AvgIpc) is 2.50. The molecule has 0 radical (unpaired) electrons. The molecule has 1 aliphatic rings. The largest absolute Gasteiger partial charge is 0.306 e. The highest BCUT2D eigenvalue weighted by Gasteiger charge is 2.34. The summed E-state index contributed by atoms with van der Waals surface area (Å²) in [5, 5.41) is 5.85. The van der Waals surface area contributed by atoms with Crippen molar-refractivity contribution in [1.29, 1.82) is 0 Å². The minimum Gasteiger partial charge on any atom is -0.306 e. The Labute approximate surface area is 98.0 Å². The van der Waals surface area contributed by atoms with Crippen LogP contribution in [-0.4, -0.2) is 5.54 Å². The molecule has 0 amide bonds. The van der Waals surface area contributed by atoms with E-state index < -0.39 is 0 Å². The van der Waals surface area contributed by atoms with Gasteiger partial charge < -0.3 is 5.32 Å². The summed E-state index contributed by atoms with van der Waals surface area (Å²) in [5.74, 6) is 0. The van der Waals surface area contributed by atoms with Crippen molar-refractivity contribution in [3.05, 3.63) is 20.8 Å². The second kappa shape index (κ2) is 4.33. The highest BCUT2D eigenvalue weighted by Crippen LogP contribution is 2.35. The first-order valence-electron chi connectivity index (χ1n) is 5.22. The SMILES string of the molecule is CCC1(NCc2cc(Br)cs2)CCC1. The monoisotopic (exact) mass is 273 g/mol. The van der Waals surface area contributed by atoms with E-state index in [1.54, 1.807) is 0 Å². The second-order valence-corrected chi connectivity index (χ2v) is 5.98. The van der Waals surface area contributed by atoms with Crippen LogP contribution in [0.1, 0.15) is 37.5 Å². The van der Waals surface area contributed by atoms with Gasteiger partial charge in [0, 0.05) is 26.8 Å². The van der Waals surface area contributed by atoms with Crippen molar-refractivity contribution in [3.63, 3.8) is 0 Å². The third kappa shape index (κ3) is 2.20. The molecule has 14 heavy (non-hydrogen) atoms. The zero-order chi connectivity index (χ0) is 10.0. The van der Waals surface area contributed by atoms with E-state index >= 15 is 0 Å². The Morgan fingerprint density at radius 1 is 1.57 bits per heavy atom. The van der Waals surface area contributed by atoms with Crippen LogP contribution in [0.25, 0.3) is 0 Å². The normalized spacial score (nSPS) is 19.3. The molecule has 2 rings (SSSR count). The lowest BCUT2D eigenvalue weighted by atomic mass is 9.75. The van der Waals surface area contributed by atoms with Crippen LogP contribution in [-0.2, 0) is 6.54 Å². The molecule has 0 atom stereocenters. The number of rotatable bonds is 4. The highest BCUT2D eigenvalue weighted by atomic mass is 79.9. The van der Waals surface area contributed by atoms with Gasteiger partial charge in [0.15, 0.2) is 0 Å². The predicted octanol–water partition coefficient (Wildman–Crippen LogP) is 3.93. The first-order valence-corrected chi connectivity index (χ1v) is 6.89. The van der Waals surface area contributed by atoms with Crippen LogP contribution in [0.2, 0.25) is 0 Å². The maximum atomic E-state index is 3.70. The van der Waals surface area contributed by atoms with Gasteiger partial charge in [-0.25, -0.2) is 0 Å². The summed E-state index contributed by atoms with van der Waals surface area (Å²) in [6.07, 6.45) is 5.38. The van der Waals surface area contributed by atoms with E-state index in [1.165, 1.54) is 35.0 Å². The summed E-state index contributed by atoms with van der Waals surface area (Å²) in [6.45, 7) is 3.32. The quantitative estimate of drug-likeness (QED) is 0.877. The lowest BCUT2D eigenvalue weighted by Crippen LogP contribution is -2.49. The lowest BCUT2D eigenvalue weighted by molar-refractivity contribution is 0.176. The molecule has 1 heterocycles. The molecule has 0 aromatic carbocycles. The van der Waals surface area contributed by atoms with Crippen LogP contribution in [0.5, 0.6) is 0 Å². The summed E-state index contributed by atoms with van der Waals surface area (Å²) in [4.78, 5) is 1.43. The topological polar surface area (TPSA) is 12.0 Å². The molecule has 0 aliphatic heterocycles. The molecule has 78 valence electrons. The van der Waals surface area contributed by atoms with Crippen molar-refractivity contribution < 1.29 is 0 Å². The zero-order valence-corrected chi connectivity index (χ0v) is 10.9. The summed E-state index contributed by atoms with van der Waals surface area (Å²) in [7, 11) is 0. The molecule has 0 spiro atoms. The fourth-order valence-electron chi connectivity index (χ4n) is 1.98. The molecule has 1 aromatic heterocycles. The maximum absolute atomic E-state index is 3.70. The van der Waals surface area contributed by atoms with Gasteiger partial charge in [0.05, 0.1) is 0 Å². The van der Waals surface area contributed by atoms with Gasteiger partial charge in [-0.2, -0.15) is 0 Å². The van der Waals surface area contributed by atoms with Crippen molar-refractivity contribution in [2.75, 3.05) is 0 Å². The first-order chi connectivity index (χ1) is 6.74. The third-order valence-electron chi connectivity index (χ3n) is 3.25. The van der Waals surface area contributed by atoms with Crippen molar-refractivity contribution in [1.82, 2.24) is 5.32 Å². The number of hydrogen-bond acceptors (Lipinski definition) is 2. The molecule has 1 aliphatic carbocycles. The van der Waals surface area contributed by atoms with E-state index in [0.717, 1.165) is 6.54 Å². The van der Waals surface area contributed by atoms with Crippen LogP contribution in [0.3, 0.4) is 0 Å².